The summed E-state index contributed by atoms with van der Waals surface area (Å²) in [5.41, 5.74) is 1.21. The molecule has 1 amide bonds. The van der Waals surface area contributed by atoms with Gasteiger partial charge in [-0.25, -0.2) is 0 Å². The first kappa shape index (κ1) is 15.9. The number of carbonyl (C=O) groups excluding carboxylic acids is 1. The number of piperazine rings is 1. The summed E-state index contributed by atoms with van der Waals surface area (Å²) in [4.78, 5) is 27.6. The number of benzene rings is 1. The van der Waals surface area contributed by atoms with Crippen LogP contribution in [-0.4, -0.2) is 65.3 Å². The summed E-state index contributed by atoms with van der Waals surface area (Å²) in [5, 5.41) is 8.75. The molecule has 0 atom stereocenters. The first-order chi connectivity index (χ1) is 10.0. The number of amides is 1. The first-order valence-corrected chi connectivity index (χ1v) is 7.94. The second-order valence-electron chi connectivity index (χ2n) is 5.15. The van der Waals surface area contributed by atoms with Crippen molar-refractivity contribution in [2.24, 2.45) is 0 Å². The molecule has 5 nitrogen and oxygen atoms in total. The van der Waals surface area contributed by atoms with Gasteiger partial charge in [-0.3, -0.25) is 14.5 Å². The second kappa shape index (κ2) is 7.47. The lowest BCUT2D eigenvalue weighted by atomic mass is 10.2. The standard InChI is InChI=1S/C15H20N2O3S/c1-12-2-4-13(5-3-12)21-11-14(18)17-8-6-16(7-9-17)10-15(19)20/h2-5H,6-11H2,1H3,(H,19,20). The largest absolute Gasteiger partial charge is 0.480 e. The van der Waals surface area contributed by atoms with Gasteiger partial charge in [-0.05, 0) is 19.1 Å². The molecule has 0 spiro atoms. The van der Waals surface area contributed by atoms with Gasteiger partial charge in [-0.15, -0.1) is 11.8 Å². The summed E-state index contributed by atoms with van der Waals surface area (Å²) >= 11 is 1.54. The van der Waals surface area contributed by atoms with Gasteiger partial charge in [0.2, 0.25) is 5.91 Å². The minimum atomic E-state index is -0.815. The van der Waals surface area contributed by atoms with Crippen LogP contribution in [-0.2, 0) is 9.59 Å². The van der Waals surface area contributed by atoms with Gasteiger partial charge in [0.05, 0.1) is 12.3 Å². The number of carbonyl (C=O) groups is 2. The maximum absolute atomic E-state index is 12.1. The number of carboxylic acid groups (broad SMARTS) is 1. The molecular weight excluding hydrogens is 288 g/mol. The summed E-state index contributed by atoms with van der Waals surface area (Å²) in [6.07, 6.45) is 0. The Kier molecular flexibility index (Phi) is 5.64. The number of hydrogen-bond acceptors (Lipinski definition) is 4. The Morgan fingerprint density at radius 2 is 1.76 bits per heavy atom. The Bertz CT molecular complexity index is 496. The number of hydrogen-bond donors (Lipinski definition) is 1. The van der Waals surface area contributed by atoms with Gasteiger partial charge in [0, 0.05) is 31.1 Å². The first-order valence-electron chi connectivity index (χ1n) is 6.96. The normalized spacial score (nSPS) is 16.0. The predicted octanol–water partition coefficient (Wildman–Crippen LogP) is 1.32. The van der Waals surface area contributed by atoms with Crippen LogP contribution in [0.5, 0.6) is 0 Å². The van der Waals surface area contributed by atoms with Crippen molar-refractivity contribution in [3.8, 4) is 0 Å². The van der Waals surface area contributed by atoms with E-state index in [1.54, 1.807) is 11.8 Å². The SMILES string of the molecule is Cc1ccc(SCC(=O)N2CCN(CC(=O)O)CC2)cc1. The van der Waals surface area contributed by atoms with Crippen molar-refractivity contribution in [2.75, 3.05) is 38.5 Å². The minimum absolute atomic E-state index is 0.0557. The van der Waals surface area contributed by atoms with Crippen molar-refractivity contribution in [3.05, 3.63) is 29.8 Å². The van der Waals surface area contributed by atoms with E-state index in [0.717, 1.165) is 4.90 Å². The third-order valence-corrected chi connectivity index (χ3v) is 4.46. The minimum Gasteiger partial charge on any atom is -0.480 e. The van der Waals surface area contributed by atoms with Gasteiger partial charge in [-0.1, -0.05) is 17.7 Å². The van der Waals surface area contributed by atoms with Crippen LogP contribution in [0.15, 0.2) is 29.2 Å². The highest BCUT2D eigenvalue weighted by Crippen LogP contribution is 2.19. The molecule has 1 aliphatic rings. The van der Waals surface area contributed by atoms with Crippen LogP contribution >= 0.6 is 11.8 Å². The van der Waals surface area contributed by atoms with Crippen LogP contribution in [0.1, 0.15) is 5.56 Å². The molecule has 21 heavy (non-hydrogen) atoms. The maximum Gasteiger partial charge on any atom is 0.317 e. The van der Waals surface area contributed by atoms with E-state index in [-0.39, 0.29) is 12.5 Å². The monoisotopic (exact) mass is 308 g/mol. The van der Waals surface area contributed by atoms with Gasteiger partial charge in [0.25, 0.3) is 0 Å². The second-order valence-corrected chi connectivity index (χ2v) is 6.20. The Morgan fingerprint density at radius 3 is 2.33 bits per heavy atom. The predicted molar refractivity (Wildman–Crippen MR) is 82.6 cm³/mol. The summed E-state index contributed by atoms with van der Waals surface area (Å²) in [6.45, 7) is 4.58. The van der Waals surface area contributed by atoms with Crippen molar-refractivity contribution >= 4 is 23.6 Å². The van der Waals surface area contributed by atoms with Crippen LogP contribution < -0.4 is 0 Å². The van der Waals surface area contributed by atoms with Crippen molar-refractivity contribution < 1.29 is 14.7 Å². The fourth-order valence-corrected chi connectivity index (χ4v) is 3.02. The molecule has 0 saturated carbocycles. The van der Waals surface area contributed by atoms with Crippen LogP contribution in [0, 0.1) is 6.92 Å². The molecule has 6 heteroatoms. The Morgan fingerprint density at radius 1 is 1.14 bits per heavy atom. The lowest BCUT2D eigenvalue weighted by molar-refractivity contribution is -0.139. The summed E-state index contributed by atoms with van der Waals surface area (Å²) < 4.78 is 0. The molecule has 0 unspecified atom stereocenters. The highest BCUT2D eigenvalue weighted by Gasteiger charge is 2.22. The van der Waals surface area contributed by atoms with Gasteiger partial charge in [0.1, 0.15) is 0 Å². The van der Waals surface area contributed by atoms with Crippen LogP contribution in [0.2, 0.25) is 0 Å². The molecule has 1 saturated heterocycles. The summed E-state index contributed by atoms with van der Waals surface area (Å²) in [5.74, 6) is -0.262. The van der Waals surface area contributed by atoms with Crippen LogP contribution in [0.4, 0.5) is 0 Å². The molecule has 0 aromatic heterocycles. The average Bonchev–Trinajstić information content (AvgIpc) is 2.46. The zero-order valence-corrected chi connectivity index (χ0v) is 12.9. The number of aryl methyl sites for hydroxylation is 1. The maximum atomic E-state index is 12.1. The third-order valence-electron chi connectivity index (χ3n) is 3.47. The Balaban J connectivity index is 1.74. The van der Waals surface area contributed by atoms with Crippen molar-refractivity contribution in [1.82, 2.24) is 9.80 Å². The molecular formula is C15H20N2O3S. The molecule has 1 aromatic rings. The van der Waals surface area contributed by atoms with Gasteiger partial charge >= 0.3 is 5.97 Å². The van der Waals surface area contributed by atoms with E-state index in [0.29, 0.717) is 31.9 Å². The van der Waals surface area contributed by atoms with E-state index in [1.165, 1.54) is 5.56 Å². The fraction of sp³-hybridized carbons (Fsp3) is 0.467. The van der Waals surface area contributed by atoms with Gasteiger partial charge in [0.15, 0.2) is 0 Å². The number of carboxylic acids is 1. The molecule has 2 rings (SSSR count). The molecule has 1 aliphatic heterocycles. The van der Waals surface area contributed by atoms with Gasteiger partial charge < -0.3 is 10.0 Å². The van der Waals surface area contributed by atoms with Crippen molar-refractivity contribution in [2.45, 2.75) is 11.8 Å². The zero-order chi connectivity index (χ0) is 15.2. The molecule has 0 radical (unpaired) electrons. The van der Waals surface area contributed by atoms with Crippen molar-refractivity contribution in [3.63, 3.8) is 0 Å². The summed E-state index contributed by atoms with van der Waals surface area (Å²) in [6, 6.07) is 8.13. The van der Waals surface area contributed by atoms with E-state index in [1.807, 2.05) is 41.0 Å². The van der Waals surface area contributed by atoms with Crippen LogP contribution in [0.3, 0.4) is 0 Å². The number of nitrogens with zero attached hydrogens (tertiary/aromatic N) is 2. The quantitative estimate of drug-likeness (QED) is 0.831. The highest BCUT2D eigenvalue weighted by molar-refractivity contribution is 8.00. The van der Waals surface area contributed by atoms with E-state index < -0.39 is 5.97 Å². The third kappa shape index (κ3) is 5.06. The molecule has 0 bridgehead atoms. The number of aliphatic carboxylic acids is 1. The highest BCUT2D eigenvalue weighted by atomic mass is 32.2. The molecule has 114 valence electrons. The Hall–Kier alpha value is -1.53. The average molecular weight is 308 g/mol. The van der Waals surface area contributed by atoms with Crippen molar-refractivity contribution in [1.29, 1.82) is 0 Å². The number of thioether (sulfide) groups is 1. The summed E-state index contributed by atoms with van der Waals surface area (Å²) in [7, 11) is 0. The molecule has 1 fully saturated rings. The van der Waals surface area contributed by atoms with E-state index >= 15 is 0 Å². The van der Waals surface area contributed by atoms with E-state index in [4.69, 9.17) is 5.11 Å². The van der Waals surface area contributed by atoms with Gasteiger partial charge in [-0.2, -0.15) is 0 Å². The lowest BCUT2D eigenvalue weighted by Gasteiger charge is -2.33. The molecule has 1 N–H and O–H groups in total. The van der Waals surface area contributed by atoms with E-state index in [2.05, 4.69) is 0 Å². The fourth-order valence-electron chi connectivity index (χ4n) is 2.22. The zero-order valence-electron chi connectivity index (χ0n) is 12.1. The van der Waals surface area contributed by atoms with Crippen LogP contribution in [0.25, 0.3) is 0 Å². The topological polar surface area (TPSA) is 60.9 Å². The Labute approximate surface area is 128 Å². The number of rotatable bonds is 5. The molecule has 0 aliphatic carbocycles. The smallest absolute Gasteiger partial charge is 0.317 e. The van der Waals surface area contributed by atoms with E-state index in [9.17, 15) is 9.59 Å². The lowest BCUT2D eigenvalue weighted by Crippen LogP contribution is -2.50. The molecule has 1 heterocycles. The molecule has 1 aromatic carbocycles.